The molecule has 0 saturated heterocycles. The van der Waals surface area contributed by atoms with E-state index in [4.69, 9.17) is 8.85 Å². The Balaban J connectivity index is 1.89. The first-order valence-corrected chi connectivity index (χ1v) is 13.9. The summed E-state index contributed by atoms with van der Waals surface area (Å²) in [5.74, 6) is 0.963. The predicted molar refractivity (Wildman–Crippen MR) is 128 cm³/mol. The molecule has 29 heavy (non-hydrogen) atoms. The lowest BCUT2D eigenvalue weighted by Gasteiger charge is -2.30. The van der Waals surface area contributed by atoms with Gasteiger partial charge in [-0.25, -0.2) is 0 Å². The summed E-state index contributed by atoms with van der Waals surface area (Å²) in [5.41, 5.74) is 2.35. The third-order valence-corrected chi connectivity index (χ3v) is 9.19. The Morgan fingerprint density at radius 3 is 1.90 bits per heavy atom. The SMILES string of the molecule is CCCCCCCCCCO[Si](CC)(CC)Oc1ccccc1-c1ccccc1. The van der Waals surface area contributed by atoms with Crippen LogP contribution in [0.2, 0.25) is 12.1 Å². The molecule has 2 aromatic rings. The summed E-state index contributed by atoms with van der Waals surface area (Å²) in [7, 11) is -2.23. The molecule has 0 heterocycles. The lowest BCUT2D eigenvalue weighted by atomic mass is 10.1. The highest BCUT2D eigenvalue weighted by atomic mass is 28.4. The molecule has 0 atom stereocenters. The molecule has 0 fully saturated rings. The lowest BCUT2D eigenvalue weighted by Crippen LogP contribution is -2.44. The fourth-order valence-electron chi connectivity index (χ4n) is 3.73. The lowest BCUT2D eigenvalue weighted by molar-refractivity contribution is 0.230. The van der Waals surface area contributed by atoms with Crippen LogP contribution in [-0.4, -0.2) is 15.2 Å². The second-order valence-electron chi connectivity index (χ2n) is 7.91. The van der Waals surface area contributed by atoms with Gasteiger partial charge in [0, 0.05) is 12.2 Å². The molecule has 0 unspecified atom stereocenters. The molecule has 0 spiro atoms. The van der Waals surface area contributed by atoms with E-state index in [0.717, 1.165) is 36.4 Å². The van der Waals surface area contributed by atoms with Gasteiger partial charge in [-0.3, -0.25) is 0 Å². The van der Waals surface area contributed by atoms with Crippen molar-refractivity contribution in [3.05, 3.63) is 54.6 Å². The van der Waals surface area contributed by atoms with E-state index in [1.165, 1.54) is 50.5 Å². The first-order chi connectivity index (χ1) is 14.2. The standard InChI is InChI=1S/C26H40O2Si/c1-4-7-8-9-10-11-12-18-23-27-29(5-2,6-3)28-26-22-17-16-21-25(26)24-19-14-13-15-20-24/h13-17,19-22H,4-12,18,23H2,1-3H3. The Labute approximate surface area is 179 Å². The molecule has 0 bridgehead atoms. The van der Waals surface area contributed by atoms with Crippen molar-refractivity contribution in [3.63, 3.8) is 0 Å². The maximum Gasteiger partial charge on any atom is 0.398 e. The number of hydrogen-bond acceptors (Lipinski definition) is 2. The predicted octanol–water partition coefficient (Wildman–Crippen LogP) is 8.37. The van der Waals surface area contributed by atoms with Crippen molar-refractivity contribution >= 4 is 8.56 Å². The highest BCUT2D eigenvalue weighted by Crippen LogP contribution is 2.33. The van der Waals surface area contributed by atoms with Crippen LogP contribution in [0.15, 0.2) is 54.6 Å². The second-order valence-corrected chi connectivity index (χ2v) is 11.6. The normalized spacial score (nSPS) is 11.6. The van der Waals surface area contributed by atoms with E-state index in [2.05, 4.69) is 75.4 Å². The van der Waals surface area contributed by atoms with E-state index >= 15 is 0 Å². The van der Waals surface area contributed by atoms with Gasteiger partial charge in [0.15, 0.2) is 0 Å². The Kier molecular flexibility index (Phi) is 11.1. The number of benzene rings is 2. The topological polar surface area (TPSA) is 18.5 Å². The van der Waals surface area contributed by atoms with Gasteiger partial charge < -0.3 is 8.85 Å². The summed E-state index contributed by atoms with van der Waals surface area (Å²) in [6.07, 6.45) is 10.6. The highest BCUT2D eigenvalue weighted by Gasteiger charge is 2.36. The molecule has 2 nitrogen and oxygen atoms in total. The second kappa shape index (κ2) is 13.6. The number of para-hydroxylation sites is 1. The molecule has 2 rings (SSSR count). The van der Waals surface area contributed by atoms with Crippen LogP contribution in [0.4, 0.5) is 0 Å². The van der Waals surface area contributed by atoms with Crippen LogP contribution < -0.4 is 4.43 Å². The summed E-state index contributed by atoms with van der Waals surface area (Å²) >= 11 is 0. The number of rotatable bonds is 15. The zero-order chi connectivity index (χ0) is 20.8. The molecule has 0 N–H and O–H groups in total. The summed E-state index contributed by atoms with van der Waals surface area (Å²) in [5, 5.41) is 0. The van der Waals surface area contributed by atoms with Crippen LogP contribution in [0.5, 0.6) is 5.75 Å². The molecule has 0 amide bonds. The fourth-order valence-corrected chi connectivity index (χ4v) is 6.09. The summed E-state index contributed by atoms with van der Waals surface area (Å²) < 4.78 is 13.2. The van der Waals surface area contributed by atoms with Gasteiger partial charge in [-0.2, -0.15) is 0 Å². The van der Waals surface area contributed by atoms with E-state index in [0.29, 0.717) is 0 Å². The number of hydrogen-bond donors (Lipinski definition) is 0. The molecule has 0 aliphatic rings. The van der Waals surface area contributed by atoms with Gasteiger partial charge in [0.1, 0.15) is 5.75 Å². The van der Waals surface area contributed by atoms with Crippen molar-refractivity contribution < 1.29 is 8.85 Å². The van der Waals surface area contributed by atoms with Gasteiger partial charge >= 0.3 is 8.56 Å². The molecule has 0 aromatic heterocycles. The Morgan fingerprint density at radius 2 is 1.24 bits per heavy atom. The largest absolute Gasteiger partial charge is 0.520 e. The van der Waals surface area contributed by atoms with Gasteiger partial charge in [0.2, 0.25) is 0 Å². The third-order valence-electron chi connectivity index (χ3n) is 5.71. The van der Waals surface area contributed by atoms with E-state index in [1.54, 1.807) is 0 Å². The summed E-state index contributed by atoms with van der Waals surface area (Å²) in [6.45, 7) is 7.54. The minimum atomic E-state index is -2.23. The Bertz CT molecular complexity index is 667. The summed E-state index contributed by atoms with van der Waals surface area (Å²) in [6, 6.07) is 20.8. The Morgan fingerprint density at radius 1 is 0.655 bits per heavy atom. The van der Waals surface area contributed by atoms with Gasteiger partial charge in [0.25, 0.3) is 0 Å². The molecule has 0 radical (unpaired) electrons. The van der Waals surface area contributed by atoms with E-state index in [9.17, 15) is 0 Å². The van der Waals surface area contributed by atoms with Gasteiger partial charge in [-0.05, 0) is 30.1 Å². The zero-order valence-electron chi connectivity index (χ0n) is 18.8. The monoisotopic (exact) mass is 412 g/mol. The zero-order valence-corrected chi connectivity index (χ0v) is 19.8. The molecule has 2 aromatic carbocycles. The number of unbranched alkanes of at least 4 members (excludes halogenated alkanes) is 7. The van der Waals surface area contributed by atoms with E-state index < -0.39 is 8.56 Å². The fraction of sp³-hybridized carbons (Fsp3) is 0.538. The van der Waals surface area contributed by atoms with Crippen LogP contribution >= 0.6 is 0 Å². The van der Waals surface area contributed by atoms with Gasteiger partial charge in [-0.1, -0.05) is 114 Å². The minimum Gasteiger partial charge on any atom is -0.520 e. The average molecular weight is 413 g/mol. The van der Waals surface area contributed by atoms with Crippen molar-refractivity contribution in [1.29, 1.82) is 0 Å². The maximum absolute atomic E-state index is 6.67. The maximum atomic E-state index is 6.67. The molecular weight excluding hydrogens is 372 g/mol. The van der Waals surface area contributed by atoms with Crippen LogP contribution in [0.3, 0.4) is 0 Å². The van der Waals surface area contributed by atoms with Crippen molar-refractivity contribution in [1.82, 2.24) is 0 Å². The van der Waals surface area contributed by atoms with Crippen molar-refractivity contribution in [2.24, 2.45) is 0 Å². The molecule has 160 valence electrons. The van der Waals surface area contributed by atoms with Crippen molar-refractivity contribution in [2.75, 3.05) is 6.61 Å². The molecular formula is C26H40O2Si. The summed E-state index contributed by atoms with van der Waals surface area (Å²) in [4.78, 5) is 0. The molecule has 0 aliphatic carbocycles. The highest BCUT2D eigenvalue weighted by molar-refractivity contribution is 6.68. The minimum absolute atomic E-state index is 0.830. The average Bonchev–Trinajstić information content (AvgIpc) is 2.78. The van der Waals surface area contributed by atoms with Crippen LogP contribution in [0.1, 0.15) is 72.1 Å². The first kappa shape index (κ1) is 23.7. The third kappa shape index (κ3) is 7.98. The molecule has 0 saturated carbocycles. The van der Waals surface area contributed by atoms with Crippen molar-refractivity contribution in [2.45, 2.75) is 84.2 Å². The molecule has 3 heteroatoms. The van der Waals surface area contributed by atoms with Gasteiger partial charge in [-0.15, -0.1) is 0 Å². The van der Waals surface area contributed by atoms with Crippen LogP contribution in [-0.2, 0) is 4.43 Å². The van der Waals surface area contributed by atoms with Crippen LogP contribution in [0.25, 0.3) is 11.1 Å². The van der Waals surface area contributed by atoms with E-state index in [-0.39, 0.29) is 0 Å². The smallest absolute Gasteiger partial charge is 0.398 e. The Hall–Kier alpha value is -1.58. The first-order valence-electron chi connectivity index (χ1n) is 11.7. The molecule has 0 aliphatic heterocycles. The van der Waals surface area contributed by atoms with Crippen LogP contribution in [0, 0.1) is 0 Å². The van der Waals surface area contributed by atoms with Crippen molar-refractivity contribution in [3.8, 4) is 16.9 Å². The van der Waals surface area contributed by atoms with E-state index in [1.807, 2.05) is 0 Å². The van der Waals surface area contributed by atoms with Gasteiger partial charge in [0.05, 0.1) is 0 Å². The quantitative estimate of drug-likeness (QED) is 0.216.